The molecule has 3 aliphatic carbocycles. The Morgan fingerprint density at radius 2 is 1.74 bits per heavy atom. The highest BCUT2D eigenvalue weighted by atomic mass is 16.5. The van der Waals surface area contributed by atoms with E-state index in [1.54, 1.807) is 5.57 Å². The predicted molar refractivity (Wildman–Crippen MR) is 188 cm³/mol. The monoisotopic (exact) mass is 625 g/mol. The van der Waals surface area contributed by atoms with Gasteiger partial charge in [-0.25, -0.2) is 0 Å². The van der Waals surface area contributed by atoms with E-state index in [9.17, 15) is 9.90 Å². The number of fused-ring (bicyclic) bond motifs is 3. The van der Waals surface area contributed by atoms with Gasteiger partial charge in [0.05, 0.1) is 0 Å². The summed E-state index contributed by atoms with van der Waals surface area (Å²) in [7, 11) is 0. The Hall–Kier alpha value is -2.75. The third kappa shape index (κ3) is 5.30. The lowest BCUT2D eigenvalue weighted by Crippen LogP contribution is -2.56. The smallest absolute Gasteiger partial charge is 0.228 e. The zero-order valence-corrected chi connectivity index (χ0v) is 29.8. The number of nitrogens with zero attached hydrogens (tertiary/aromatic N) is 1. The second-order valence-electron chi connectivity index (χ2n) is 16.5. The van der Waals surface area contributed by atoms with E-state index in [-0.39, 0.29) is 33.3 Å². The minimum Gasteiger partial charge on any atom is -0.504 e. The van der Waals surface area contributed by atoms with E-state index in [2.05, 4.69) is 77.6 Å². The number of phenols is 1. The first kappa shape index (κ1) is 33.2. The van der Waals surface area contributed by atoms with Crippen molar-refractivity contribution < 1.29 is 14.6 Å². The van der Waals surface area contributed by atoms with Crippen LogP contribution in [-0.4, -0.2) is 29.0 Å². The first-order chi connectivity index (χ1) is 21.9. The first-order valence-corrected chi connectivity index (χ1v) is 18.4. The van der Waals surface area contributed by atoms with Gasteiger partial charge in [0.2, 0.25) is 5.91 Å². The molecule has 1 amide bonds. The lowest BCUT2D eigenvalue weighted by molar-refractivity contribution is -0.146. The van der Waals surface area contributed by atoms with E-state index in [4.69, 9.17) is 4.74 Å². The Kier molecular flexibility index (Phi) is 8.91. The van der Waals surface area contributed by atoms with Gasteiger partial charge in [-0.2, -0.15) is 0 Å². The lowest BCUT2D eigenvalue weighted by Gasteiger charge is -2.64. The quantitative estimate of drug-likeness (QED) is 0.297. The molecular formula is C42H59NO3. The predicted octanol–water partition coefficient (Wildman–Crippen LogP) is 10.4. The summed E-state index contributed by atoms with van der Waals surface area (Å²) < 4.78 is 6.32. The molecule has 6 rings (SSSR count). The minimum absolute atomic E-state index is 0.00751. The molecule has 46 heavy (non-hydrogen) atoms. The van der Waals surface area contributed by atoms with Crippen LogP contribution in [0.15, 0.2) is 48.0 Å². The molecule has 4 heteroatoms. The summed E-state index contributed by atoms with van der Waals surface area (Å²) in [6.45, 7) is 19.1. The van der Waals surface area contributed by atoms with Crippen molar-refractivity contribution in [3.05, 3.63) is 70.3 Å². The highest BCUT2D eigenvalue weighted by Crippen LogP contribution is 2.69. The Bertz CT molecular complexity index is 1470. The maximum absolute atomic E-state index is 13.9. The van der Waals surface area contributed by atoms with E-state index in [1.165, 1.54) is 36.8 Å². The third-order valence-corrected chi connectivity index (χ3v) is 13.7. The van der Waals surface area contributed by atoms with Crippen LogP contribution >= 0.6 is 0 Å². The molecule has 1 N–H and O–H groups in total. The second-order valence-corrected chi connectivity index (χ2v) is 16.5. The zero-order chi connectivity index (χ0) is 32.9. The highest BCUT2D eigenvalue weighted by molar-refractivity contribution is 5.82. The number of phenolic OH excluding ortho intramolecular Hbond substituents is 1. The number of likely N-dealkylation sites (tertiary alicyclic amines) is 1. The summed E-state index contributed by atoms with van der Waals surface area (Å²) >= 11 is 0. The SMILES string of the molecule is CCCC[C@]1(C)C2=CC(C)c3c(cc(O)c(OCc4ccccc4)c3C)[C@]2(C)CC[C@@]1(C)[C@H]1CCC[C@@](C)(C(=O)N2CCCC2)C1. The molecule has 4 nitrogen and oxygen atoms in total. The lowest BCUT2D eigenvalue weighted by atomic mass is 9.40. The van der Waals surface area contributed by atoms with Gasteiger partial charge in [-0.05, 0) is 109 Å². The summed E-state index contributed by atoms with van der Waals surface area (Å²) in [6.07, 6.45) is 15.1. The fraction of sp³-hybridized carbons (Fsp3) is 0.643. The van der Waals surface area contributed by atoms with Crippen LogP contribution in [0.3, 0.4) is 0 Å². The van der Waals surface area contributed by atoms with E-state index in [1.807, 2.05) is 18.2 Å². The van der Waals surface area contributed by atoms with Crippen LogP contribution < -0.4 is 4.74 Å². The number of carbonyl (C=O) groups excluding carboxylic acids is 1. The van der Waals surface area contributed by atoms with Crippen molar-refractivity contribution in [3.63, 3.8) is 0 Å². The Morgan fingerprint density at radius 1 is 1.02 bits per heavy atom. The summed E-state index contributed by atoms with van der Waals surface area (Å²) in [4.78, 5) is 16.1. The molecule has 1 unspecified atom stereocenters. The molecule has 0 spiro atoms. The van der Waals surface area contributed by atoms with Crippen molar-refractivity contribution in [2.45, 2.75) is 137 Å². The number of benzene rings is 2. The largest absolute Gasteiger partial charge is 0.504 e. The number of allylic oxidation sites excluding steroid dienone is 2. The van der Waals surface area contributed by atoms with Gasteiger partial charge in [-0.15, -0.1) is 0 Å². The molecule has 1 saturated heterocycles. The van der Waals surface area contributed by atoms with E-state index < -0.39 is 0 Å². The molecule has 6 atom stereocenters. The van der Waals surface area contributed by atoms with Crippen molar-refractivity contribution in [2.75, 3.05) is 13.1 Å². The molecular weight excluding hydrogens is 566 g/mol. The summed E-state index contributed by atoms with van der Waals surface area (Å²) in [5.74, 6) is 2.05. The number of rotatable bonds is 8. The molecule has 1 aliphatic heterocycles. The van der Waals surface area contributed by atoms with Crippen molar-refractivity contribution >= 4 is 5.91 Å². The van der Waals surface area contributed by atoms with Crippen molar-refractivity contribution in [1.82, 2.24) is 4.90 Å². The van der Waals surface area contributed by atoms with E-state index in [0.29, 0.717) is 24.2 Å². The highest BCUT2D eigenvalue weighted by Gasteiger charge is 2.61. The average molecular weight is 626 g/mol. The molecule has 1 heterocycles. The summed E-state index contributed by atoms with van der Waals surface area (Å²) in [5.41, 5.74) is 6.09. The average Bonchev–Trinajstić information content (AvgIpc) is 3.58. The zero-order valence-electron chi connectivity index (χ0n) is 29.8. The van der Waals surface area contributed by atoms with Crippen LogP contribution in [0.4, 0.5) is 0 Å². The maximum atomic E-state index is 13.9. The van der Waals surface area contributed by atoms with Gasteiger partial charge >= 0.3 is 0 Å². The number of carbonyl (C=O) groups is 1. The van der Waals surface area contributed by atoms with Gasteiger partial charge in [0.25, 0.3) is 0 Å². The number of unbranched alkanes of at least 4 members (excludes halogenated alkanes) is 1. The Balaban J connectivity index is 1.37. The van der Waals surface area contributed by atoms with Crippen LogP contribution in [0.2, 0.25) is 0 Å². The number of aromatic hydroxyl groups is 1. The van der Waals surface area contributed by atoms with Crippen LogP contribution in [0.5, 0.6) is 11.5 Å². The molecule has 2 aromatic rings. The van der Waals surface area contributed by atoms with Crippen LogP contribution in [-0.2, 0) is 16.8 Å². The maximum Gasteiger partial charge on any atom is 0.228 e. The summed E-state index contributed by atoms with van der Waals surface area (Å²) in [5, 5.41) is 11.5. The van der Waals surface area contributed by atoms with Crippen LogP contribution in [0, 0.1) is 29.1 Å². The molecule has 250 valence electrons. The van der Waals surface area contributed by atoms with Crippen molar-refractivity contribution in [3.8, 4) is 11.5 Å². The third-order valence-electron chi connectivity index (χ3n) is 13.7. The molecule has 3 fully saturated rings. The number of amides is 1. The van der Waals surface area contributed by atoms with Crippen molar-refractivity contribution in [2.24, 2.45) is 22.2 Å². The van der Waals surface area contributed by atoms with Crippen molar-refractivity contribution in [1.29, 1.82) is 0 Å². The fourth-order valence-electron chi connectivity index (χ4n) is 10.7. The normalized spacial score (nSPS) is 34.1. The Morgan fingerprint density at radius 3 is 2.43 bits per heavy atom. The standard InChI is InChI=1S/C42H59NO3/c1-8-9-20-42(7)35-25-29(2)36-30(3)37(46-28-31-16-11-10-12-17-31)34(44)26-33(36)40(35,5)21-22-41(42,6)32-18-15-19-39(4,27-32)38(45)43-23-13-14-24-43/h10-12,16-17,25-26,29,32,44H,8-9,13-15,18-24,27-28H2,1-7H3/t29?,32-,39+,40-,41-,42+/m0/s1. The summed E-state index contributed by atoms with van der Waals surface area (Å²) in [6, 6.07) is 12.3. The van der Waals surface area contributed by atoms with Crippen LogP contribution in [0.1, 0.15) is 140 Å². The van der Waals surface area contributed by atoms with Gasteiger partial charge in [0, 0.05) is 23.9 Å². The minimum atomic E-state index is -0.247. The second kappa shape index (κ2) is 12.4. The molecule has 4 aliphatic rings. The molecule has 2 aromatic carbocycles. The van der Waals surface area contributed by atoms with Gasteiger partial charge in [0.15, 0.2) is 11.5 Å². The van der Waals surface area contributed by atoms with Gasteiger partial charge < -0.3 is 14.7 Å². The van der Waals surface area contributed by atoms with Gasteiger partial charge in [0.1, 0.15) is 6.61 Å². The van der Waals surface area contributed by atoms with E-state index >= 15 is 0 Å². The molecule has 0 radical (unpaired) electrons. The number of hydrogen-bond donors (Lipinski definition) is 1. The first-order valence-electron chi connectivity index (χ1n) is 18.4. The van der Waals surface area contributed by atoms with Gasteiger partial charge in [-0.3, -0.25) is 4.79 Å². The number of hydrogen-bond acceptors (Lipinski definition) is 3. The molecule has 0 aromatic heterocycles. The topological polar surface area (TPSA) is 49.8 Å². The van der Waals surface area contributed by atoms with Gasteiger partial charge in [-0.1, -0.05) is 103 Å². The molecule has 2 saturated carbocycles. The van der Waals surface area contributed by atoms with Crippen LogP contribution in [0.25, 0.3) is 0 Å². The van der Waals surface area contributed by atoms with E-state index in [0.717, 1.165) is 69.2 Å². The Labute approximate surface area is 279 Å². The fourth-order valence-corrected chi connectivity index (χ4v) is 10.7. The number of ether oxygens (including phenoxy) is 1. The molecule has 0 bridgehead atoms.